The molecule has 0 saturated carbocycles. The number of benzene rings is 15. The van der Waals surface area contributed by atoms with Gasteiger partial charge in [-0.3, -0.25) is 0 Å². The summed E-state index contributed by atoms with van der Waals surface area (Å²) in [5, 5.41) is 15.2. The van der Waals surface area contributed by atoms with Gasteiger partial charge in [0, 0.05) is 16.5 Å². The summed E-state index contributed by atoms with van der Waals surface area (Å²) in [5.41, 5.74) is 24.7. The molecule has 4 aliphatic carbocycles. The van der Waals surface area contributed by atoms with Crippen LogP contribution >= 0.6 is 0 Å². The molecule has 1 heteroatoms. The molecule has 15 aromatic rings. The molecule has 0 aliphatic heterocycles. The van der Waals surface area contributed by atoms with Crippen molar-refractivity contribution in [1.29, 1.82) is 0 Å². The van der Waals surface area contributed by atoms with E-state index in [2.05, 4.69) is 305 Å². The van der Waals surface area contributed by atoms with Crippen molar-refractivity contribution in [2.75, 3.05) is 4.90 Å². The normalized spacial score (nSPS) is 14.2. The predicted molar refractivity (Wildman–Crippen MR) is 357 cm³/mol. The second kappa shape index (κ2) is 16.7. The first-order valence-electron chi connectivity index (χ1n) is 30.2. The zero-order valence-electron chi connectivity index (χ0n) is 47.5. The monoisotopic (exact) mass is 1080 g/mol. The third kappa shape index (κ3) is 5.79. The molecule has 0 amide bonds. The van der Waals surface area contributed by atoms with Gasteiger partial charge in [-0.05, 0) is 178 Å². The molecule has 4 aliphatic rings. The van der Waals surface area contributed by atoms with Crippen molar-refractivity contribution >= 4 is 81.7 Å². The lowest BCUT2D eigenvalue weighted by atomic mass is 9.68. The van der Waals surface area contributed by atoms with Crippen LogP contribution in [0.3, 0.4) is 0 Å². The molecule has 396 valence electrons. The number of anilines is 3. The van der Waals surface area contributed by atoms with E-state index in [4.69, 9.17) is 0 Å². The predicted octanol–water partition coefficient (Wildman–Crippen LogP) is 22.1. The molecule has 15 aromatic carbocycles. The lowest BCUT2D eigenvalue weighted by molar-refractivity contribution is 0.590. The van der Waals surface area contributed by atoms with E-state index < -0.39 is 10.8 Å². The first-order valence-corrected chi connectivity index (χ1v) is 30.2. The average molecular weight is 1080 g/mol. The Balaban J connectivity index is 1.00. The van der Waals surface area contributed by atoms with Gasteiger partial charge in [0.15, 0.2) is 0 Å². The molecule has 85 heavy (non-hydrogen) atoms. The molecule has 0 fully saturated rings. The SMILES string of the molecule is CC(C)(C)c1ccc(N(c2cc3c(c4ccccc24)C2(c4ccccc4-c4ccccc42)c2c-3c3ccccc3c3ccccc23)c2cc3c(c4ccccc24)C2(c4ccccc4-c4ccccc42)c2c-3c3ccccc3c3ccccc23)cc1. The summed E-state index contributed by atoms with van der Waals surface area (Å²) in [5.74, 6) is 0. The molecule has 0 unspecified atom stereocenters. The van der Waals surface area contributed by atoms with Gasteiger partial charge in [-0.25, -0.2) is 0 Å². The lowest BCUT2D eigenvalue weighted by Gasteiger charge is -2.35. The topological polar surface area (TPSA) is 3.24 Å². The second-order valence-electron chi connectivity index (χ2n) is 25.2. The first kappa shape index (κ1) is 47.2. The molecule has 0 radical (unpaired) electrons. The fourth-order valence-electron chi connectivity index (χ4n) is 17.2. The largest absolute Gasteiger partial charge is 0.309 e. The van der Waals surface area contributed by atoms with Crippen molar-refractivity contribution in [3.63, 3.8) is 0 Å². The van der Waals surface area contributed by atoms with Crippen molar-refractivity contribution < 1.29 is 0 Å². The maximum atomic E-state index is 2.66. The average Bonchev–Trinajstić information content (AvgIpc) is 1.54. The molecule has 0 atom stereocenters. The Morgan fingerprint density at radius 1 is 0.247 bits per heavy atom. The van der Waals surface area contributed by atoms with Gasteiger partial charge in [0.25, 0.3) is 0 Å². The van der Waals surface area contributed by atoms with E-state index in [-0.39, 0.29) is 5.41 Å². The van der Waals surface area contributed by atoms with Gasteiger partial charge in [-0.2, -0.15) is 0 Å². The third-order valence-electron chi connectivity index (χ3n) is 20.3. The van der Waals surface area contributed by atoms with Crippen molar-refractivity contribution in [2.24, 2.45) is 0 Å². The van der Waals surface area contributed by atoms with Crippen molar-refractivity contribution in [3.05, 3.63) is 329 Å². The van der Waals surface area contributed by atoms with Crippen LogP contribution in [0.5, 0.6) is 0 Å². The maximum Gasteiger partial charge on any atom is 0.0737 e. The summed E-state index contributed by atoms with van der Waals surface area (Å²) in [7, 11) is 0. The minimum Gasteiger partial charge on any atom is -0.309 e. The molecule has 19 rings (SSSR count). The fourth-order valence-corrected chi connectivity index (χ4v) is 17.2. The summed E-state index contributed by atoms with van der Waals surface area (Å²) in [6, 6.07) is 108. The van der Waals surface area contributed by atoms with Gasteiger partial charge >= 0.3 is 0 Å². The Morgan fingerprint density at radius 2 is 0.518 bits per heavy atom. The Kier molecular flexibility index (Phi) is 9.26. The quantitative estimate of drug-likeness (QED) is 0.159. The van der Waals surface area contributed by atoms with Gasteiger partial charge in [0.1, 0.15) is 0 Å². The summed E-state index contributed by atoms with van der Waals surface area (Å²) < 4.78 is 0. The molecule has 0 aromatic heterocycles. The second-order valence-corrected chi connectivity index (χ2v) is 25.2. The minimum atomic E-state index is -0.616. The first-order chi connectivity index (χ1) is 41.9. The van der Waals surface area contributed by atoms with Gasteiger partial charge in [-0.15, -0.1) is 0 Å². The van der Waals surface area contributed by atoms with Crippen molar-refractivity contribution in [3.8, 4) is 44.5 Å². The molecular formula is C84H55N. The minimum absolute atomic E-state index is 0.0463. The molecular weight excluding hydrogens is 1020 g/mol. The van der Waals surface area contributed by atoms with Crippen LogP contribution < -0.4 is 4.90 Å². The third-order valence-corrected chi connectivity index (χ3v) is 20.3. The van der Waals surface area contributed by atoms with E-state index >= 15 is 0 Å². The lowest BCUT2D eigenvalue weighted by Crippen LogP contribution is -2.27. The van der Waals surface area contributed by atoms with Gasteiger partial charge in [0.2, 0.25) is 0 Å². The molecule has 1 nitrogen and oxygen atoms in total. The van der Waals surface area contributed by atoms with E-state index in [1.807, 2.05) is 0 Å². The molecule has 0 N–H and O–H groups in total. The number of hydrogen-bond donors (Lipinski definition) is 0. The standard InChI is InChI=1S/C84H55N/c1-82(2,3)50-44-46-51(47-45-50)85(74-48-68-76-62-34-10-4-24-52(62)54-26-6-12-36-64(54)80(76)83(78(68)66-38-14-8-32-60(66)74)70-40-20-16-28-56(70)57-29-17-21-41-71(57)83)75-49-69-77-63-35-11-5-25-53(63)55-27-7-13-37-65(55)81(77)84(79(69)67-39-15-9-33-61(67)75)72-42-22-18-30-58(72)59-31-19-23-43-73(59)84/h4-49H,1-3H3. The van der Waals surface area contributed by atoms with Crippen LogP contribution in [0.15, 0.2) is 279 Å². The van der Waals surface area contributed by atoms with E-state index in [1.54, 1.807) is 0 Å². The molecule has 2 spiro atoms. The Bertz CT molecular complexity index is 5070. The van der Waals surface area contributed by atoms with Gasteiger partial charge in [-0.1, -0.05) is 276 Å². The number of rotatable bonds is 3. The zero-order valence-corrected chi connectivity index (χ0v) is 47.5. The van der Waals surface area contributed by atoms with E-state index in [0.717, 1.165) is 17.1 Å². The highest BCUT2D eigenvalue weighted by molar-refractivity contribution is 6.25. The Labute approximate surface area is 494 Å². The maximum absolute atomic E-state index is 2.66. The number of nitrogens with zero attached hydrogens (tertiary/aromatic N) is 1. The number of hydrogen-bond acceptors (Lipinski definition) is 1. The molecule has 0 bridgehead atoms. The highest BCUT2D eigenvalue weighted by Gasteiger charge is 2.56. The van der Waals surface area contributed by atoms with Crippen LogP contribution in [0, 0.1) is 0 Å². The van der Waals surface area contributed by atoms with Crippen LogP contribution in [-0.4, -0.2) is 0 Å². The highest BCUT2D eigenvalue weighted by Crippen LogP contribution is 2.70. The van der Waals surface area contributed by atoms with Crippen molar-refractivity contribution in [2.45, 2.75) is 37.0 Å². The van der Waals surface area contributed by atoms with Crippen LogP contribution in [0.1, 0.15) is 70.8 Å². The zero-order chi connectivity index (χ0) is 56.1. The van der Waals surface area contributed by atoms with E-state index in [1.165, 1.54) is 159 Å². The summed E-state index contributed by atoms with van der Waals surface area (Å²) in [4.78, 5) is 2.66. The van der Waals surface area contributed by atoms with Crippen LogP contribution in [-0.2, 0) is 16.2 Å². The van der Waals surface area contributed by atoms with Gasteiger partial charge in [0.05, 0.1) is 22.2 Å². The van der Waals surface area contributed by atoms with Gasteiger partial charge < -0.3 is 4.90 Å². The van der Waals surface area contributed by atoms with Crippen molar-refractivity contribution in [1.82, 2.24) is 0 Å². The van der Waals surface area contributed by atoms with Crippen LogP contribution in [0.4, 0.5) is 17.1 Å². The molecule has 0 saturated heterocycles. The highest BCUT2D eigenvalue weighted by atomic mass is 15.1. The summed E-state index contributed by atoms with van der Waals surface area (Å²) in [6.45, 7) is 6.97. The van der Waals surface area contributed by atoms with Crippen LogP contribution in [0.2, 0.25) is 0 Å². The van der Waals surface area contributed by atoms with Crippen LogP contribution in [0.25, 0.3) is 109 Å². The Morgan fingerprint density at radius 3 is 0.859 bits per heavy atom. The summed E-state index contributed by atoms with van der Waals surface area (Å²) >= 11 is 0. The van der Waals surface area contributed by atoms with E-state index in [9.17, 15) is 0 Å². The summed E-state index contributed by atoms with van der Waals surface area (Å²) in [6.07, 6.45) is 0. The van der Waals surface area contributed by atoms with E-state index in [0.29, 0.717) is 0 Å². The fraction of sp³-hybridized carbons (Fsp3) is 0.0714. The Hall–Kier alpha value is -10.3. The molecule has 0 heterocycles. The smallest absolute Gasteiger partial charge is 0.0737 e. The number of fused-ring (bicyclic) bond motifs is 34.